The highest BCUT2D eigenvalue weighted by atomic mass is 127. The van der Waals surface area contributed by atoms with E-state index in [2.05, 4.69) is 18.4 Å². The average Bonchev–Trinajstić information content (AvgIpc) is 2.78. The maximum atomic E-state index is 13.3. The van der Waals surface area contributed by atoms with Gasteiger partial charge in [-0.1, -0.05) is 33.8 Å². The lowest BCUT2D eigenvalue weighted by Gasteiger charge is -2.24. The predicted molar refractivity (Wildman–Crippen MR) is 130 cm³/mol. The topological polar surface area (TPSA) is 111 Å². The van der Waals surface area contributed by atoms with Crippen molar-refractivity contribution in [2.24, 2.45) is 11.8 Å². The lowest BCUT2D eigenvalue weighted by molar-refractivity contribution is -0.144. The molecule has 38 heavy (non-hydrogen) atoms. The van der Waals surface area contributed by atoms with Crippen LogP contribution in [-0.2, 0) is 29.7 Å². The number of ether oxygens (including phenoxy) is 1. The van der Waals surface area contributed by atoms with E-state index < -0.39 is 71.5 Å². The quantitative estimate of drug-likeness (QED) is 0.184. The van der Waals surface area contributed by atoms with Gasteiger partial charge < -0.3 is 18.4 Å². The van der Waals surface area contributed by atoms with Crippen molar-refractivity contribution < 1.29 is 53.3 Å². The van der Waals surface area contributed by atoms with Crippen LogP contribution >= 0.6 is 23.0 Å². The summed E-state index contributed by atoms with van der Waals surface area (Å²) < 4.78 is 89.1. The first kappa shape index (κ1) is 33.4. The molecule has 0 heterocycles. The Balaban J connectivity index is 3.17. The average molecular weight is 668 g/mol. The maximum Gasteiger partial charge on any atom is 0.417 e. The third kappa shape index (κ3) is 10.3. The van der Waals surface area contributed by atoms with Gasteiger partial charge in [0.1, 0.15) is 6.04 Å². The van der Waals surface area contributed by atoms with Gasteiger partial charge in [0.15, 0.2) is 35.4 Å². The van der Waals surface area contributed by atoms with Crippen LogP contribution in [0.1, 0.15) is 62.0 Å². The second-order valence-corrected chi connectivity index (χ2v) is 9.59. The molecule has 1 aromatic carbocycles. The monoisotopic (exact) mass is 668 g/mol. The molecule has 0 unspecified atom stereocenters. The Kier molecular flexibility index (Phi) is 12.3. The van der Waals surface area contributed by atoms with Gasteiger partial charge in [-0.25, -0.2) is 9.59 Å². The van der Waals surface area contributed by atoms with Crippen LogP contribution in [-0.4, -0.2) is 42.4 Å². The van der Waals surface area contributed by atoms with Crippen LogP contribution < -0.4 is 10.6 Å². The highest BCUT2D eigenvalue weighted by Crippen LogP contribution is 2.39. The van der Waals surface area contributed by atoms with Gasteiger partial charge in [-0.3, -0.25) is 9.59 Å². The number of hydrogen-bond acceptors (Lipinski definition) is 6. The summed E-state index contributed by atoms with van der Waals surface area (Å²) in [5, 5.41) is 4.72. The zero-order valence-electron chi connectivity index (χ0n) is 20.8. The van der Waals surface area contributed by atoms with Gasteiger partial charge in [0.25, 0.3) is 0 Å². The lowest BCUT2D eigenvalue weighted by atomic mass is 9.98. The molecule has 0 bridgehead atoms. The fourth-order valence-corrected chi connectivity index (χ4v) is 3.56. The van der Waals surface area contributed by atoms with E-state index in [0.717, 1.165) is 0 Å². The Morgan fingerprint density at radius 3 is 1.74 bits per heavy atom. The van der Waals surface area contributed by atoms with Gasteiger partial charge in [-0.2, -0.15) is 26.3 Å². The van der Waals surface area contributed by atoms with Gasteiger partial charge >= 0.3 is 24.4 Å². The molecular formula is C23H27F6IN2O6. The van der Waals surface area contributed by atoms with Gasteiger partial charge in [0, 0.05) is 0 Å². The summed E-state index contributed by atoms with van der Waals surface area (Å²) >= 11 is 1.30. The summed E-state index contributed by atoms with van der Waals surface area (Å²) in [5.74, 6) is -4.04. The second-order valence-electron chi connectivity index (χ2n) is 9.15. The number of Topliss-reactive ketones (excluding diaryl/α,β-unsaturated/α-hetero) is 1. The van der Waals surface area contributed by atoms with Crippen LogP contribution in [0.4, 0.5) is 31.1 Å². The molecule has 15 heteroatoms. The largest absolute Gasteiger partial charge is 0.454 e. The summed E-state index contributed by atoms with van der Waals surface area (Å²) in [6.45, 7) is 5.69. The zero-order chi connectivity index (χ0) is 29.4. The van der Waals surface area contributed by atoms with Gasteiger partial charge in [-0.05, 0) is 36.8 Å². The SMILES string of the molecule is CC(C)C[C@H](NC(=O)[C@H](CC(C)C)NC(=O)OI)C(=O)COC(=O)c1c(C(F)(F)F)cccc1C(F)(F)F. The molecule has 0 aliphatic carbocycles. The van der Waals surface area contributed by atoms with E-state index in [9.17, 15) is 45.5 Å². The molecule has 0 aliphatic heterocycles. The van der Waals surface area contributed by atoms with Crippen LogP contribution in [0.25, 0.3) is 0 Å². The Bertz CT molecular complexity index is 981. The highest BCUT2D eigenvalue weighted by molar-refractivity contribution is 14.1. The summed E-state index contributed by atoms with van der Waals surface area (Å²) in [6.07, 6.45) is -11.4. The Labute approximate surface area is 228 Å². The molecule has 0 saturated carbocycles. The van der Waals surface area contributed by atoms with Crippen molar-refractivity contribution >= 4 is 46.8 Å². The van der Waals surface area contributed by atoms with Crippen molar-refractivity contribution in [3.05, 3.63) is 34.9 Å². The van der Waals surface area contributed by atoms with E-state index in [1.165, 1.54) is 23.0 Å². The molecule has 2 amide bonds. The third-order valence-electron chi connectivity index (χ3n) is 5.02. The predicted octanol–water partition coefficient (Wildman–Crippen LogP) is 5.47. The highest BCUT2D eigenvalue weighted by Gasteiger charge is 2.43. The van der Waals surface area contributed by atoms with Crippen LogP contribution in [0.5, 0.6) is 0 Å². The van der Waals surface area contributed by atoms with E-state index in [-0.39, 0.29) is 36.8 Å². The van der Waals surface area contributed by atoms with Crippen molar-refractivity contribution in [2.75, 3.05) is 6.61 Å². The van der Waals surface area contributed by atoms with E-state index in [1.54, 1.807) is 27.7 Å². The number of benzene rings is 1. The van der Waals surface area contributed by atoms with Crippen LogP contribution in [0.2, 0.25) is 0 Å². The number of carbonyl (C=O) groups excluding carboxylic acids is 4. The molecule has 0 spiro atoms. The van der Waals surface area contributed by atoms with Gasteiger partial charge in [0.2, 0.25) is 5.91 Å². The summed E-state index contributed by atoms with van der Waals surface area (Å²) in [5.41, 5.74) is -5.52. The molecule has 1 rings (SSSR count). The molecule has 0 radical (unpaired) electrons. The minimum absolute atomic E-state index is 0.000191. The molecule has 0 fully saturated rings. The van der Waals surface area contributed by atoms with Crippen molar-refractivity contribution in [2.45, 2.75) is 65.0 Å². The zero-order valence-corrected chi connectivity index (χ0v) is 22.9. The first-order valence-corrected chi connectivity index (χ1v) is 12.1. The number of esters is 1. The molecule has 0 saturated heterocycles. The Morgan fingerprint density at radius 2 is 1.32 bits per heavy atom. The third-order valence-corrected chi connectivity index (χ3v) is 5.42. The first-order valence-electron chi connectivity index (χ1n) is 11.2. The van der Waals surface area contributed by atoms with Gasteiger partial charge in [-0.15, -0.1) is 0 Å². The summed E-state index contributed by atoms with van der Waals surface area (Å²) in [6, 6.07) is -1.36. The minimum atomic E-state index is -5.31. The van der Waals surface area contributed by atoms with Crippen molar-refractivity contribution in [1.82, 2.24) is 10.6 Å². The molecule has 1 aromatic rings. The molecule has 2 N–H and O–H groups in total. The number of amides is 2. The second kappa shape index (κ2) is 14.0. The number of rotatable bonds is 11. The summed E-state index contributed by atoms with van der Waals surface area (Å²) in [7, 11) is 0. The Morgan fingerprint density at radius 1 is 0.842 bits per heavy atom. The van der Waals surface area contributed by atoms with E-state index in [4.69, 9.17) is 0 Å². The van der Waals surface area contributed by atoms with Crippen LogP contribution in [0.3, 0.4) is 0 Å². The lowest BCUT2D eigenvalue weighted by Crippen LogP contribution is -2.52. The number of alkyl halides is 6. The minimum Gasteiger partial charge on any atom is -0.454 e. The van der Waals surface area contributed by atoms with Crippen LogP contribution in [0.15, 0.2) is 18.2 Å². The van der Waals surface area contributed by atoms with E-state index in [0.29, 0.717) is 6.07 Å². The van der Waals surface area contributed by atoms with Crippen molar-refractivity contribution in [1.29, 1.82) is 0 Å². The fourth-order valence-electron chi connectivity index (χ4n) is 3.44. The first-order chi connectivity index (χ1) is 17.4. The fraction of sp³-hybridized carbons (Fsp3) is 0.565. The number of carbonyl (C=O) groups is 4. The number of hydrogen-bond donors (Lipinski definition) is 2. The number of nitrogens with one attached hydrogen (secondary N) is 2. The molecule has 8 nitrogen and oxygen atoms in total. The molecule has 0 aromatic heterocycles. The summed E-state index contributed by atoms with van der Waals surface area (Å²) in [4.78, 5) is 49.6. The maximum absolute atomic E-state index is 13.3. The smallest absolute Gasteiger partial charge is 0.417 e. The normalized spacial score (nSPS) is 13.6. The Hall–Kier alpha value is -2.59. The number of ketones is 1. The van der Waals surface area contributed by atoms with E-state index >= 15 is 0 Å². The standard InChI is InChI=1S/C23H27F6IN2O6/c1-11(2)8-15(31-19(34)16(9-12(3)4)32-21(36)38-30)17(33)10-37-20(35)18-13(22(24,25)26)6-5-7-14(18)23(27,28)29/h5-7,11-12,15-16H,8-10H2,1-4H3,(H,31,34)(H,32,36)/t15-,16-/m0/s1. The molecule has 0 aliphatic rings. The molecule has 2 atom stereocenters. The molecule has 214 valence electrons. The molecular weight excluding hydrogens is 641 g/mol. The van der Waals surface area contributed by atoms with Crippen LogP contribution in [0, 0.1) is 11.8 Å². The van der Waals surface area contributed by atoms with Crippen molar-refractivity contribution in [3.63, 3.8) is 0 Å². The number of halogens is 7. The van der Waals surface area contributed by atoms with Gasteiger partial charge in [0.05, 0.1) is 22.7 Å². The van der Waals surface area contributed by atoms with E-state index in [1.807, 2.05) is 0 Å². The van der Waals surface area contributed by atoms with Crippen molar-refractivity contribution in [3.8, 4) is 0 Å².